The van der Waals surface area contributed by atoms with E-state index in [1.165, 1.54) is 18.9 Å². The summed E-state index contributed by atoms with van der Waals surface area (Å²) in [6.45, 7) is 0.363. The molecule has 1 aliphatic carbocycles. The Balaban J connectivity index is 1.55. The van der Waals surface area contributed by atoms with Crippen molar-refractivity contribution in [3.8, 4) is 11.5 Å². The normalized spacial score (nSPS) is 14.9. The van der Waals surface area contributed by atoms with E-state index >= 15 is 0 Å². The molecule has 6 heteroatoms. The molecule has 1 aliphatic rings. The van der Waals surface area contributed by atoms with Crippen LogP contribution in [0.3, 0.4) is 0 Å². The van der Waals surface area contributed by atoms with Gasteiger partial charge in [0.2, 0.25) is 0 Å². The van der Waals surface area contributed by atoms with Gasteiger partial charge in [0.1, 0.15) is 17.3 Å². The highest BCUT2D eigenvalue weighted by Crippen LogP contribution is 2.36. The third kappa shape index (κ3) is 3.24. The zero-order valence-corrected chi connectivity index (χ0v) is 13.9. The van der Waals surface area contributed by atoms with Crippen molar-refractivity contribution in [3.05, 3.63) is 59.7 Å². The quantitative estimate of drug-likeness (QED) is 0.787. The van der Waals surface area contributed by atoms with Crippen LogP contribution in [-0.4, -0.2) is 19.7 Å². The summed E-state index contributed by atoms with van der Waals surface area (Å²) in [5.41, 5.74) is 8.43. The Morgan fingerprint density at radius 2 is 1.96 bits per heavy atom. The largest absolute Gasteiger partial charge is 0.383 e. The Morgan fingerprint density at radius 3 is 2.72 bits per heavy atom. The van der Waals surface area contributed by atoms with Crippen molar-refractivity contribution >= 4 is 5.82 Å². The monoisotopic (exact) mass is 337 g/mol. The summed E-state index contributed by atoms with van der Waals surface area (Å²) in [5, 5.41) is 4.45. The Bertz CT molecular complexity index is 883. The Hall–Kier alpha value is -2.76. The topological polar surface area (TPSA) is 69.6 Å². The molecule has 25 heavy (non-hydrogen) atoms. The molecule has 2 heterocycles. The number of aromatic nitrogens is 4. The molecule has 0 saturated heterocycles. The fourth-order valence-corrected chi connectivity index (χ4v) is 3.45. The van der Waals surface area contributed by atoms with E-state index in [0.29, 0.717) is 35.4 Å². The molecule has 2 aromatic heterocycles. The molecule has 2 N–H and O–H groups in total. The van der Waals surface area contributed by atoms with Crippen molar-refractivity contribution in [2.75, 3.05) is 5.73 Å². The molecule has 3 aromatic rings. The fraction of sp³-hybridized carbons (Fsp3) is 0.316. The van der Waals surface area contributed by atoms with Gasteiger partial charge >= 0.3 is 0 Å². The minimum atomic E-state index is -0.235. The van der Waals surface area contributed by atoms with E-state index in [1.54, 1.807) is 23.0 Å². The van der Waals surface area contributed by atoms with E-state index in [9.17, 15) is 4.39 Å². The first-order valence-electron chi connectivity index (χ1n) is 8.60. The van der Waals surface area contributed by atoms with Crippen molar-refractivity contribution in [2.45, 2.75) is 38.1 Å². The number of nitrogens with two attached hydrogens (primary N) is 1. The molecule has 1 aromatic carbocycles. The molecule has 5 nitrogen and oxygen atoms in total. The Kier molecular flexibility index (Phi) is 4.17. The zero-order chi connectivity index (χ0) is 17.2. The lowest BCUT2D eigenvalue weighted by Crippen LogP contribution is -2.06. The van der Waals surface area contributed by atoms with Gasteiger partial charge in [0.25, 0.3) is 0 Å². The zero-order valence-electron chi connectivity index (χ0n) is 13.9. The number of halogens is 1. The summed E-state index contributed by atoms with van der Waals surface area (Å²) >= 11 is 0. The predicted molar refractivity (Wildman–Crippen MR) is 94.4 cm³/mol. The highest BCUT2D eigenvalue weighted by Gasteiger charge is 2.21. The maximum absolute atomic E-state index is 13.8. The van der Waals surface area contributed by atoms with E-state index in [4.69, 9.17) is 5.73 Å². The lowest BCUT2D eigenvalue weighted by atomic mass is 10.00. The van der Waals surface area contributed by atoms with Crippen molar-refractivity contribution in [1.82, 2.24) is 19.7 Å². The third-order valence-electron chi connectivity index (χ3n) is 4.80. The van der Waals surface area contributed by atoms with Crippen molar-refractivity contribution in [1.29, 1.82) is 0 Å². The van der Waals surface area contributed by atoms with Crippen LogP contribution in [0.4, 0.5) is 10.2 Å². The van der Waals surface area contributed by atoms with Crippen LogP contribution in [0.5, 0.6) is 0 Å². The van der Waals surface area contributed by atoms with Gasteiger partial charge < -0.3 is 5.73 Å². The highest BCUT2D eigenvalue weighted by atomic mass is 19.1. The molecular formula is C19H20FN5. The number of hydrogen-bond acceptors (Lipinski definition) is 4. The van der Waals surface area contributed by atoms with E-state index in [-0.39, 0.29) is 5.82 Å². The van der Waals surface area contributed by atoms with Gasteiger partial charge in [0.05, 0.1) is 6.54 Å². The minimum absolute atomic E-state index is 0.235. The van der Waals surface area contributed by atoms with Gasteiger partial charge in [-0.25, -0.2) is 14.4 Å². The van der Waals surface area contributed by atoms with Gasteiger partial charge in [-0.3, -0.25) is 4.68 Å². The number of anilines is 1. The average Bonchev–Trinajstić information content (AvgIpc) is 3.29. The van der Waals surface area contributed by atoms with Crippen LogP contribution in [0, 0.1) is 5.82 Å². The molecule has 0 amide bonds. The van der Waals surface area contributed by atoms with Crippen LogP contribution in [0.15, 0.2) is 42.7 Å². The number of hydrogen-bond donors (Lipinski definition) is 1. The lowest BCUT2D eigenvalue weighted by Gasteiger charge is -2.11. The van der Waals surface area contributed by atoms with Crippen LogP contribution >= 0.6 is 0 Å². The Morgan fingerprint density at radius 1 is 1.16 bits per heavy atom. The van der Waals surface area contributed by atoms with Gasteiger partial charge in [-0.15, -0.1) is 0 Å². The fourth-order valence-electron chi connectivity index (χ4n) is 3.45. The van der Waals surface area contributed by atoms with Gasteiger partial charge in [0.15, 0.2) is 5.82 Å². The third-order valence-corrected chi connectivity index (χ3v) is 4.80. The van der Waals surface area contributed by atoms with Crippen molar-refractivity contribution < 1.29 is 4.39 Å². The molecule has 0 spiro atoms. The van der Waals surface area contributed by atoms with Crippen LogP contribution in [0.25, 0.3) is 11.5 Å². The SMILES string of the molecule is Nc1nc(-c2ccn(Cc3ccccc3F)n2)ncc1C1CCCC1. The molecule has 0 aliphatic heterocycles. The van der Waals surface area contributed by atoms with E-state index in [1.807, 2.05) is 18.3 Å². The van der Waals surface area contributed by atoms with Crippen LogP contribution in [0.1, 0.15) is 42.7 Å². The predicted octanol–water partition coefficient (Wildman–Crippen LogP) is 3.77. The summed E-state index contributed by atoms with van der Waals surface area (Å²) in [6, 6.07) is 8.52. The molecule has 0 unspecified atom stereocenters. The maximum atomic E-state index is 13.8. The molecular weight excluding hydrogens is 317 g/mol. The summed E-state index contributed by atoms with van der Waals surface area (Å²) < 4.78 is 15.4. The number of rotatable bonds is 4. The van der Waals surface area contributed by atoms with Crippen LogP contribution in [0.2, 0.25) is 0 Å². The van der Waals surface area contributed by atoms with Crippen LogP contribution < -0.4 is 5.73 Å². The van der Waals surface area contributed by atoms with Gasteiger partial charge in [-0.05, 0) is 30.9 Å². The second-order valence-corrected chi connectivity index (χ2v) is 6.51. The van der Waals surface area contributed by atoms with E-state index < -0.39 is 0 Å². The second kappa shape index (κ2) is 6.63. The van der Waals surface area contributed by atoms with E-state index in [0.717, 1.165) is 18.4 Å². The first kappa shape index (κ1) is 15.7. The molecule has 1 saturated carbocycles. The average molecular weight is 337 g/mol. The summed E-state index contributed by atoms with van der Waals surface area (Å²) in [4.78, 5) is 8.89. The highest BCUT2D eigenvalue weighted by molar-refractivity contribution is 5.53. The smallest absolute Gasteiger partial charge is 0.182 e. The molecule has 4 rings (SSSR count). The standard InChI is InChI=1S/C19H20FN5/c20-16-8-4-3-7-14(16)12-25-10-9-17(24-25)19-22-11-15(18(21)23-19)13-5-1-2-6-13/h3-4,7-11,13H,1-2,5-6,12H2,(H2,21,22,23). The molecule has 0 radical (unpaired) electrons. The molecule has 0 bridgehead atoms. The lowest BCUT2D eigenvalue weighted by molar-refractivity contribution is 0.585. The minimum Gasteiger partial charge on any atom is -0.383 e. The first-order valence-corrected chi connectivity index (χ1v) is 8.60. The van der Waals surface area contributed by atoms with Gasteiger partial charge in [-0.1, -0.05) is 31.0 Å². The maximum Gasteiger partial charge on any atom is 0.182 e. The number of benzene rings is 1. The summed E-state index contributed by atoms with van der Waals surface area (Å²) in [5.74, 6) is 1.29. The summed E-state index contributed by atoms with van der Waals surface area (Å²) in [6.07, 6.45) is 8.43. The van der Waals surface area contributed by atoms with Gasteiger partial charge in [-0.2, -0.15) is 5.10 Å². The molecule has 128 valence electrons. The summed E-state index contributed by atoms with van der Waals surface area (Å²) in [7, 11) is 0. The number of nitrogen functional groups attached to an aromatic ring is 1. The van der Waals surface area contributed by atoms with Gasteiger partial charge in [0, 0.05) is 23.5 Å². The molecule has 1 fully saturated rings. The van der Waals surface area contributed by atoms with Crippen molar-refractivity contribution in [2.24, 2.45) is 0 Å². The van der Waals surface area contributed by atoms with Crippen LogP contribution in [-0.2, 0) is 6.54 Å². The second-order valence-electron chi connectivity index (χ2n) is 6.51. The van der Waals surface area contributed by atoms with Crippen molar-refractivity contribution in [3.63, 3.8) is 0 Å². The first-order chi connectivity index (χ1) is 12.2. The number of nitrogens with zero attached hydrogens (tertiary/aromatic N) is 4. The molecule has 0 atom stereocenters. The van der Waals surface area contributed by atoms with E-state index in [2.05, 4.69) is 15.1 Å². The Labute approximate surface area is 145 Å².